The minimum Gasteiger partial charge on any atom is -0.493 e. The molecule has 4 aromatic rings. The Labute approximate surface area is 174 Å². The first kappa shape index (κ1) is 20.1. The van der Waals surface area contributed by atoms with Crippen LogP contribution >= 0.6 is 0 Å². The molecule has 0 unspecified atom stereocenters. The van der Waals surface area contributed by atoms with E-state index in [1.54, 1.807) is 13.4 Å². The Balaban J connectivity index is 1.61. The summed E-state index contributed by atoms with van der Waals surface area (Å²) in [5, 5.41) is 18.6. The summed E-state index contributed by atoms with van der Waals surface area (Å²) in [6.45, 7) is 2.20. The second-order valence-electron chi connectivity index (χ2n) is 7.08. The van der Waals surface area contributed by atoms with Crippen molar-refractivity contribution in [1.82, 2.24) is 24.5 Å². The molecule has 0 spiro atoms. The maximum atomic E-state index is 8.97. The number of aliphatic hydroxyl groups is 1. The summed E-state index contributed by atoms with van der Waals surface area (Å²) in [7, 11) is 3.60. The van der Waals surface area contributed by atoms with Gasteiger partial charge in [0.05, 0.1) is 25.8 Å². The first-order valence-corrected chi connectivity index (χ1v) is 9.90. The molecule has 0 radical (unpaired) electrons. The van der Waals surface area contributed by atoms with Crippen LogP contribution < -0.4 is 9.47 Å². The molecule has 8 heteroatoms. The Morgan fingerprint density at radius 2 is 1.90 bits per heavy atom. The van der Waals surface area contributed by atoms with Crippen LogP contribution in [0, 0.1) is 0 Å². The average Bonchev–Trinajstić information content (AvgIpc) is 3.21. The number of hydrogen-bond donors (Lipinski definition) is 1. The van der Waals surface area contributed by atoms with Gasteiger partial charge in [-0.25, -0.2) is 4.98 Å². The van der Waals surface area contributed by atoms with E-state index in [0.29, 0.717) is 30.3 Å². The summed E-state index contributed by atoms with van der Waals surface area (Å²) in [6.07, 6.45) is 2.58. The lowest BCUT2D eigenvalue weighted by atomic mass is 10.2. The number of hydrogen-bond acceptors (Lipinski definition) is 7. The number of methoxy groups -OCH3 is 1. The molecule has 0 aliphatic heterocycles. The highest BCUT2D eigenvalue weighted by Gasteiger charge is 2.15. The summed E-state index contributed by atoms with van der Waals surface area (Å²) in [5.74, 6) is 2.02. The van der Waals surface area contributed by atoms with Crippen LogP contribution in [0.15, 0.2) is 48.8 Å². The maximum absolute atomic E-state index is 8.97. The van der Waals surface area contributed by atoms with Crippen molar-refractivity contribution >= 4 is 16.6 Å². The first-order valence-electron chi connectivity index (χ1n) is 9.90. The number of aliphatic hydroxyl groups excluding tert-OH is 1. The second-order valence-corrected chi connectivity index (χ2v) is 7.08. The quantitative estimate of drug-likeness (QED) is 0.427. The average molecular weight is 407 g/mol. The van der Waals surface area contributed by atoms with E-state index in [1.165, 1.54) is 0 Å². The second kappa shape index (κ2) is 9.06. The molecule has 0 atom stereocenters. The lowest BCUT2D eigenvalue weighted by molar-refractivity contribution is 0.206. The molecular weight excluding hydrogens is 382 g/mol. The van der Waals surface area contributed by atoms with Crippen molar-refractivity contribution in [3.8, 4) is 22.9 Å². The van der Waals surface area contributed by atoms with Gasteiger partial charge in [0, 0.05) is 30.1 Å². The molecule has 0 aliphatic rings. The Bertz CT molecular complexity index is 1130. The summed E-state index contributed by atoms with van der Waals surface area (Å²) in [5.41, 5.74) is 2.46. The van der Waals surface area contributed by atoms with Crippen molar-refractivity contribution in [2.45, 2.75) is 6.42 Å². The van der Waals surface area contributed by atoms with E-state index in [0.717, 1.165) is 35.3 Å². The van der Waals surface area contributed by atoms with Crippen molar-refractivity contribution in [2.24, 2.45) is 0 Å². The number of aromatic nitrogens is 4. The number of benzene rings is 2. The van der Waals surface area contributed by atoms with Gasteiger partial charge >= 0.3 is 0 Å². The van der Waals surface area contributed by atoms with Gasteiger partial charge in [0.25, 0.3) is 0 Å². The van der Waals surface area contributed by atoms with Gasteiger partial charge in [-0.3, -0.25) is 4.40 Å². The normalized spacial score (nSPS) is 11.5. The molecule has 0 saturated carbocycles. The monoisotopic (exact) mass is 407 g/mol. The van der Waals surface area contributed by atoms with Gasteiger partial charge in [-0.1, -0.05) is 30.3 Å². The lowest BCUT2D eigenvalue weighted by Crippen LogP contribution is -2.24. The van der Waals surface area contributed by atoms with E-state index in [-0.39, 0.29) is 6.61 Å². The molecule has 0 fully saturated rings. The molecule has 156 valence electrons. The zero-order chi connectivity index (χ0) is 20.9. The standard InChI is InChI=1S/C22H25N5O3/c1-26(10-11-28)9-6-12-30-20-14-18-17(13-19(20)29-2)22-25-24-21(27(22)15-23-18)16-7-4-3-5-8-16/h3-5,7-8,13-15,28H,6,9-12H2,1-2H3. The van der Waals surface area contributed by atoms with Crippen LogP contribution in [0.25, 0.3) is 27.9 Å². The van der Waals surface area contributed by atoms with E-state index in [1.807, 2.05) is 53.9 Å². The highest BCUT2D eigenvalue weighted by Crippen LogP contribution is 2.33. The molecule has 30 heavy (non-hydrogen) atoms. The van der Waals surface area contributed by atoms with E-state index < -0.39 is 0 Å². The predicted molar refractivity (Wildman–Crippen MR) is 115 cm³/mol. The van der Waals surface area contributed by atoms with Crippen molar-refractivity contribution in [3.63, 3.8) is 0 Å². The molecule has 8 nitrogen and oxygen atoms in total. The van der Waals surface area contributed by atoms with Crippen molar-refractivity contribution in [1.29, 1.82) is 0 Å². The maximum Gasteiger partial charge on any atom is 0.171 e. The SMILES string of the molecule is COc1cc2c(cc1OCCCN(C)CCO)ncn1c(-c3ccccc3)nnc21. The topological polar surface area (TPSA) is 85.0 Å². The molecule has 0 amide bonds. The minimum absolute atomic E-state index is 0.157. The zero-order valence-corrected chi connectivity index (χ0v) is 17.2. The van der Waals surface area contributed by atoms with Gasteiger partial charge in [-0.05, 0) is 19.5 Å². The van der Waals surface area contributed by atoms with Crippen LogP contribution in [0.3, 0.4) is 0 Å². The van der Waals surface area contributed by atoms with Crippen LogP contribution in [-0.2, 0) is 0 Å². The van der Waals surface area contributed by atoms with Crippen LogP contribution in [0.5, 0.6) is 11.5 Å². The van der Waals surface area contributed by atoms with Crippen molar-refractivity contribution < 1.29 is 14.6 Å². The van der Waals surface area contributed by atoms with Crippen LogP contribution in [-0.4, -0.2) is 70.0 Å². The van der Waals surface area contributed by atoms with Crippen LogP contribution in [0.1, 0.15) is 6.42 Å². The number of ether oxygens (including phenoxy) is 2. The largest absolute Gasteiger partial charge is 0.493 e. The fourth-order valence-corrected chi connectivity index (χ4v) is 3.39. The molecule has 2 aromatic carbocycles. The fraction of sp³-hybridized carbons (Fsp3) is 0.318. The molecule has 0 bridgehead atoms. The fourth-order valence-electron chi connectivity index (χ4n) is 3.39. The van der Waals surface area contributed by atoms with Gasteiger partial charge in [0.1, 0.15) is 6.33 Å². The van der Waals surface area contributed by atoms with Gasteiger partial charge in [-0.15, -0.1) is 10.2 Å². The number of likely N-dealkylation sites (N-methyl/N-ethyl adjacent to an activating group) is 1. The van der Waals surface area contributed by atoms with E-state index in [4.69, 9.17) is 14.6 Å². The van der Waals surface area contributed by atoms with Crippen molar-refractivity contribution in [2.75, 3.05) is 40.5 Å². The smallest absolute Gasteiger partial charge is 0.171 e. The highest BCUT2D eigenvalue weighted by molar-refractivity contribution is 5.94. The zero-order valence-electron chi connectivity index (χ0n) is 17.2. The van der Waals surface area contributed by atoms with Gasteiger partial charge in [-0.2, -0.15) is 0 Å². The minimum atomic E-state index is 0.157. The molecule has 4 rings (SSSR count). The van der Waals surface area contributed by atoms with Crippen molar-refractivity contribution in [3.05, 3.63) is 48.8 Å². The Morgan fingerprint density at radius 1 is 1.07 bits per heavy atom. The molecule has 0 aliphatic carbocycles. The number of rotatable bonds is 9. The highest BCUT2D eigenvalue weighted by atomic mass is 16.5. The summed E-state index contributed by atoms with van der Waals surface area (Å²) >= 11 is 0. The first-order chi connectivity index (χ1) is 14.7. The number of nitrogens with zero attached hydrogens (tertiary/aromatic N) is 5. The molecule has 0 saturated heterocycles. The Hall–Kier alpha value is -3.23. The molecular formula is C22H25N5O3. The van der Waals surface area contributed by atoms with Crippen LogP contribution in [0.2, 0.25) is 0 Å². The Kier molecular flexibility index (Phi) is 6.06. The predicted octanol–water partition coefficient (Wildman–Crippen LogP) is 2.65. The van der Waals surface area contributed by atoms with Gasteiger partial charge in [0.15, 0.2) is 23.0 Å². The number of fused-ring (bicyclic) bond motifs is 3. The summed E-state index contributed by atoms with van der Waals surface area (Å²) in [4.78, 5) is 6.66. The third-order valence-corrected chi connectivity index (χ3v) is 4.99. The van der Waals surface area contributed by atoms with Gasteiger partial charge < -0.3 is 19.5 Å². The van der Waals surface area contributed by atoms with E-state index in [2.05, 4.69) is 20.1 Å². The van der Waals surface area contributed by atoms with Crippen LogP contribution in [0.4, 0.5) is 0 Å². The third kappa shape index (κ3) is 4.05. The van der Waals surface area contributed by atoms with E-state index >= 15 is 0 Å². The molecule has 1 N–H and O–H groups in total. The Morgan fingerprint density at radius 3 is 2.67 bits per heavy atom. The molecule has 2 aromatic heterocycles. The molecule has 2 heterocycles. The summed E-state index contributed by atoms with van der Waals surface area (Å²) in [6, 6.07) is 13.7. The van der Waals surface area contributed by atoms with Gasteiger partial charge in [0.2, 0.25) is 0 Å². The lowest BCUT2D eigenvalue weighted by Gasteiger charge is -2.16. The summed E-state index contributed by atoms with van der Waals surface area (Å²) < 4.78 is 13.4. The van der Waals surface area contributed by atoms with E-state index in [9.17, 15) is 0 Å². The third-order valence-electron chi connectivity index (χ3n) is 4.99.